The van der Waals surface area contributed by atoms with Crippen LogP contribution in [0.25, 0.3) is 0 Å². The molecule has 552 valence electrons. The van der Waals surface area contributed by atoms with Crippen molar-refractivity contribution < 1.29 is 53.1 Å². The molecule has 0 amide bonds. The van der Waals surface area contributed by atoms with Gasteiger partial charge in [0.2, 0.25) is 0 Å². The number of aliphatic hydroxyl groups excluding tert-OH is 2. The van der Waals surface area contributed by atoms with Crippen molar-refractivity contribution in [2.45, 2.75) is 415 Å². The summed E-state index contributed by atoms with van der Waals surface area (Å²) >= 11 is 0. The third-order valence-corrected chi connectivity index (χ3v) is 19.3. The van der Waals surface area contributed by atoms with Gasteiger partial charge in [0.05, 0.1) is 37.3 Å². The van der Waals surface area contributed by atoms with Gasteiger partial charge < -0.3 is 33.9 Å². The molecule has 0 aromatic heterocycles. The van der Waals surface area contributed by atoms with Crippen LogP contribution in [0.1, 0.15) is 415 Å². The van der Waals surface area contributed by atoms with E-state index in [4.69, 9.17) is 23.7 Å². The van der Waals surface area contributed by atoms with E-state index < -0.39 is 24.0 Å². The lowest BCUT2D eigenvalue weighted by molar-refractivity contribution is -0.168. The molecule has 2 N–H and O–H groups in total. The highest BCUT2D eigenvalue weighted by Crippen LogP contribution is 2.27. The molecule has 0 heterocycles. The van der Waals surface area contributed by atoms with E-state index in [0.717, 1.165) is 101 Å². The fraction of sp³-hybridized carbons (Fsp3) is 0.951. The maximum absolute atomic E-state index is 13.3. The zero-order chi connectivity index (χ0) is 68.4. The van der Waals surface area contributed by atoms with Gasteiger partial charge in [0, 0.05) is 25.7 Å². The summed E-state index contributed by atoms with van der Waals surface area (Å²) in [7, 11) is 0. The monoisotopic (exact) mass is 1320 g/mol. The van der Waals surface area contributed by atoms with Crippen LogP contribution in [-0.4, -0.2) is 86.9 Å². The molecular weight excluding hydrogens is 1160 g/mol. The normalized spacial score (nSPS) is 12.1. The molecule has 0 aliphatic rings. The average molecular weight is 1320 g/mol. The Labute approximate surface area is 576 Å². The van der Waals surface area contributed by atoms with Crippen LogP contribution in [0, 0.1) is 34.5 Å². The lowest BCUT2D eigenvalue weighted by Gasteiger charge is -2.34. The summed E-state index contributed by atoms with van der Waals surface area (Å²) in [6.07, 6.45) is 63.7. The number of rotatable bonds is 74. The smallest absolute Gasteiger partial charge is 0.305 e. The van der Waals surface area contributed by atoms with Crippen LogP contribution in [-0.2, 0) is 42.9 Å². The summed E-state index contributed by atoms with van der Waals surface area (Å²) in [5.74, 6) is 1.68. The Morgan fingerprint density at radius 2 is 0.366 bits per heavy atom. The Bertz CT molecular complexity index is 1410. The van der Waals surface area contributed by atoms with Crippen LogP contribution in [0.15, 0.2) is 0 Å². The minimum Gasteiger partial charge on any atom is -0.465 e. The van der Waals surface area contributed by atoms with E-state index in [2.05, 4.69) is 55.4 Å². The van der Waals surface area contributed by atoms with Gasteiger partial charge >= 0.3 is 23.9 Å². The maximum atomic E-state index is 13.3. The number of esters is 4. The predicted molar refractivity (Wildman–Crippen MR) is 392 cm³/mol. The second-order valence-electron chi connectivity index (χ2n) is 31.2. The highest BCUT2D eigenvalue weighted by Gasteiger charge is 2.38. The molecule has 0 atom stereocenters. The van der Waals surface area contributed by atoms with Crippen molar-refractivity contribution in [1.82, 2.24) is 0 Å². The predicted octanol–water partition coefficient (Wildman–Crippen LogP) is 23.6. The molecule has 0 unspecified atom stereocenters. The van der Waals surface area contributed by atoms with Gasteiger partial charge in [0.1, 0.15) is 26.4 Å². The molecule has 0 spiro atoms. The fourth-order valence-corrected chi connectivity index (χ4v) is 12.6. The summed E-state index contributed by atoms with van der Waals surface area (Å²) in [5.41, 5.74) is -2.61. The number of ether oxygens (including phenoxy) is 5. The molecular formula is C82H158O11. The van der Waals surface area contributed by atoms with Crippen LogP contribution >= 0.6 is 0 Å². The van der Waals surface area contributed by atoms with Crippen molar-refractivity contribution in [2.75, 3.05) is 52.9 Å². The van der Waals surface area contributed by atoms with Gasteiger partial charge in [-0.1, -0.05) is 364 Å². The first kappa shape index (κ1) is 90.8. The van der Waals surface area contributed by atoms with E-state index in [0.29, 0.717) is 25.7 Å². The molecule has 11 nitrogen and oxygen atoms in total. The van der Waals surface area contributed by atoms with Crippen molar-refractivity contribution in [3.8, 4) is 0 Å². The number of aliphatic hydroxyl groups is 2. The van der Waals surface area contributed by atoms with E-state index in [1.807, 2.05) is 0 Å². The van der Waals surface area contributed by atoms with Gasteiger partial charge in [0.25, 0.3) is 0 Å². The third-order valence-electron chi connectivity index (χ3n) is 19.3. The Balaban J connectivity index is 5.62. The Morgan fingerprint density at radius 3 is 0.505 bits per heavy atom. The van der Waals surface area contributed by atoms with E-state index >= 15 is 0 Å². The largest absolute Gasteiger partial charge is 0.465 e. The van der Waals surface area contributed by atoms with Crippen molar-refractivity contribution >= 4 is 23.9 Å². The van der Waals surface area contributed by atoms with E-state index in [-0.39, 0.29) is 89.2 Å². The molecule has 0 aliphatic carbocycles. The number of carbonyl (C=O) groups excluding carboxylic acids is 4. The number of hydrogen-bond acceptors (Lipinski definition) is 11. The van der Waals surface area contributed by atoms with E-state index in [1.54, 1.807) is 0 Å². The van der Waals surface area contributed by atoms with Gasteiger partial charge in [-0.3, -0.25) is 19.2 Å². The second kappa shape index (κ2) is 67.0. The molecule has 0 saturated carbocycles. The van der Waals surface area contributed by atoms with Crippen molar-refractivity contribution in [3.05, 3.63) is 0 Å². The molecule has 0 saturated heterocycles. The molecule has 0 rings (SSSR count). The fourth-order valence-electron chi connectivity index (χ4n) is 12.6. The van der Waals surface area contributed by atoms with Crippen LogP contribution in [0.2, 0.25) is 0 Å². The number of carbonyl (C=O) groups is 4. The van der Waals surface area contributed by atoms with Gasteiger partial charge in [0.15, 0.2) is 0 Å². The lowest BCUT2D eigenvalue weighted by atomic mass is 9.90. The van der Waals surface area contributed by atoms with Crippen LogP contribution in [0.5, 0.6) is 0 Å². The third kappa shape index (κ3) is 64.2. The van der Waals surface area contributed by atoms with Crippen molar-refractivity contribution in [2.24, 2.45) is 34.5 Å². The van der Waals surface area contributed by atoms with E-state index in [1.165, 1.54) is 231 Å². The summed E-state index contributed by atoms with van der Waals surface area (Å²) in [6.45, 7) is 16.1. The highest BCUT2D eigenvalue weighted by molar-refractivity contribution is 5.70. The molecule has 0 aromatic carbocycles. The number of hydrogen-bond donors (Lipinski definition) is 2. The molecule has 0 aliphatic heterocycles. The summed E-state index contributed by atoms with van der Waals surface area (Å²) in [5, 5.41) is 22.2. The van der Waals surface area contributed by atoms with E-state index in [9.17, 15) is 29.4 Å². The minimum atomic E-state index is -1.30. The summed E-state index contributed by atoms with van der Waals surface area (Å²) in [6, 6.07) is 0. The molecule has 0 aromatic rings. The van der Waals surface area contributed by atoms with Gasteiger partial charge in [-0.15, -0.1) is 0 Å². The van der Waals surface area contributed by atoms with Gasteiger partial charge in [-0.2, -0.15) is 0 Å². The first-order valence-corrected chi connectivity index (χ1v) is 40.5. The SMILES string of the molecule is CC(C)CCCCCCCCCCCCCCC(=O)OCC(CO)(COCC(CO)(COC(=O)CCCCCCCCCCCCCCC(C)C)COC(=O)CCCCCCCCCCCCCCC(C)C)COC(=O)CCCCCCCCCCCCCCC(C)C. The summed E-state index contributed by atoms with van der Waals surface area (Å²) in [4.78, 5) is 53.2. The van der Waals surface area contributed by atoms with Crippen LogP contribution in [0.3, 0.4) is 0 Å². The van der Waals surface area contributed by atoms with Gasteiger partial charge in [-0.25, -0.2) is 0 Å². The Kier molecular flexibility index (Phi) is 65.4. The Hall–Kier alpha value is -2.24. The molecule has 11 heteroatoms. The topological polar surface area (TPSA) is 155 Å². The zero-order valence-electron chi connectivity index (χ0n) is 63.1. The summed E-state index contributed by atoms with van der Waals surface area (Å²) < 4.78 is 29.8. The van der Waals surface area contributed by atoms with Crippen LogP contribution in [0.4, 0.5) is 0 Å². The number of unbranched alkanes of at least 4 members (excludes halogenated alkanes) is 44. The van der Waals surface area contributed by atoms with Crippen molar-refractivity contribution in [1.29, 1.82) is 0 Å². The molecule has 0 fully saturated rings. The first-order chi connectivity index (χ1) is 45.1. The Morgan fingerprint density at radius 1 is 0.226 bits per heavy atom. The zero-order valence-corrected chi connectivity index (χ0v) is 63.1. The average Bonchev–Trinajstić information content (AvgIpc) is 1.03. The first-order valence-electron chi connectivity index (χ1n) is 40.5. The minimum absolute atomic E-state index is 0.194. The molecule has 93 heavy (non-hydrogen) atoms. The molecule has 0 bridgehead atoms. The lowest BCUT2D eigenvalue weighted by Crippen LogP contribution is -2.46. The quantitative estimate of drug-likeness (QED) is 0.0340. The van der Waals surface area contributed by atoms with Crippen molar-refractivity contribution in [3.63, 3.8) is 0 Å². The highest BCUT2D eigenvalue weighted by atomic mass is 16.6. The standard InChI is InChI=1S/C82H158O11/c1-73(2)57-49-41-33-25-17-9-13-21-29-37-45-53-61-77(85)90-69-81(65-83,70-91-78(86)62-54-46-38-30-22-14-10-18-26-34-42-50-58-74(3)4)67-89-68-82(66-84,71-92-79(87)63-55-47-39-31-23-15-11-19-27-35-43-51-59-75(5)6)72-93-80(88)64-56-48-40-32-24-16-12-20-28-36-44-52-60-76(7)8/h73-76,83-84H,9-72H2,1-8H3. The second-order valence-corrected chi connectivity index (χ2v) is 31.2. The van der Waals surface area contributed by atoms with Gasteiger partial charge in [-0.05, 0) is 49.4 Å². The molecule has 0 radical (unpaired) electrons. The maximum Gasteiger partial charge on any atom is 0.305 e. The van der Waals surface area contributed by atoms with Crippen LogP contribution < -0.4 is 0 Å².